The van der Waals surface area contributed by atoms with Crippen LogP contribution in [0.5, 0.6) is 0 Å². The van der Waals surface area contributed by atoms with E-state index in [1.54, 1.807) is 31.3 Å². The summed E-state index contributed by atoms with van der Waals surface area (Å²) in [6.45, 7) is 0.661. The molecule has 1 aliphatic rings. The predicted octanol–water partition coefficient (Wildman–Crippen LogP) is 1.39. The Bertz CT molecular complexity index is 399. The minimum absolute atomic E-state index is 0.115. The Kier molecular flexibility index (Phi) is 4.28. The topological polar surface area (TPSA) is 41.6 Å². The van der Waals surface area contributed by atoms with Gasteiger partial charge in [0, 0.05) is 12.6 Å². The number of piperidine rings is 1. The number of hydroxylamine groups is 2. The molecule has 1 aliphatic heterocycles. The number of hydrogen-bond acceptors (Lipinski definition) is 4. The van der Waals surface area contributed by atoms with E-state index in [1.807, 2.05) is 6.07 Å². The molecule has 0 aromatic heterocycles. The highest BCUT2D eigenvalue weighted by Gasteiger charge is 2.30. The molecule has 4 nitrogen and oxygen atoms in total. The summed E-state index contributed by atoms with van der Waals surface area (Å²) in [5, 5.41) is 4.31. The van der Waals surface area contributed by atoms with Gasteiger partial charge >= 0.3 is 5.97 Å². The van der Waals surface area contributed by atoms with E-state index in [9.17, 15) is 9.18 Å². The molecule has 0 saturated carbocycles. The van der Waals surface area contributed by atoms with E-state index < -0.39 is 12.1 Å². The quantitative estimate of drug-likeness (QED) is 0.882. The molecule has 1 aromatic rings. The normalized spacial score (nSPS) is 24.8. The summed E-state index contributed by atoms with van der Waals surface area (Å²) in [4.78, 5) is 16.9. The van der Waals surface area contributed by atoms with Gasteiger partial charge in [0.25, 0.3) is 0 Å². The van der Waals surface area contributed by atoms with Gasteiger partial charge in [-0.1, -0.05) is 18.2 Å². The van der Waals surface area contributed by atoms with Crippen molar-refractivity contribution in [1.29, 1.82) is 0 Å². The average molecular weight is 252 g/mol. The zero-order valence-electron chi connectivity index (χ0n) is 10.3. The van der Waals surface area contributed by atoms with Gasteiger partial charge in [-0.05, 0) is 25.6 Å². The van der Waals surface area contributed by atoms with E-state index in [-0.39, 0.29) is 12.6 Å². The van der Waals surface area contributed by atoms with E-state index >= 15 is 0 Å². The van der Waals surface area contributed by atoms with Crippen LogP contribution in [0.15, 0.2) is 30.3 Å². The minimum Gasteiger partial charge on any atom is -0.364 e. The minimum atomic E-state index is -1.02. The standard InChI is InChI=1S/C13H17FN2O2/c1-15-12-7-8-16(9-11(12)14)18-13(17)10-5-3-2-4-6-10/h2-6,11-12,15H,7-9H2,1H3. The second-order valence-electron chi connectivity index (χ2n) is 4.33. The molecule has 2 rings (SSSR count). The van der Waals surface area contributed by atoms with Crippen LogP contribution in [-0.4, -0.2) is 43.4 Å². The van der Waals surface area contributed by atoms with Crippen molar-refractivity contribution in [3.05, 3.63) is 35.9 Å². The van der Waals surface area contributed by atoms with E-state index in [0.29, 0.717) is 18.5 Å². The molecule has 2 atom stereocenters. The summed E-state index contributed by atoms with van der Waals surface area (Å²) in [7, 11) is 1.74. The Labute approximate surface area is 106 Å². The molecule has 0 radical (unpaired) electrons. The summed E-state index contributed by atoms with van der Waals surface area (Å²) in [6, 6.07) is 8.55. The van der Waals surface area contributed by atoms with Gasteiger partial charge in [-0.3, -0.25) is 0 Å². The lowest BCUT2D eigenvalue weighted by atomic mass is 10.1. The van der Waals surface area contributed by atoms with Crippen molar-refractivity contribution in [2.75, 3.05) is 20.1 Å². The third-order valence-electron chi connectivity index (χ3n) is 3.10. The Hall–Kier alpha value is -1.46. The molecular weight excluding hydrogens is 235 g/mol. The summed E-state index contributed by atoms with van der Waals surface area (Å²) in [6.07, 6.45) is -0.396. The molecule has 18 heavy (non-hydrogen) atoms. The number of halogens is 1. The number of alkyl halides is 1. The lowest BCUT2D eigenvalue weighted by Gasteiger charge is -2.32. The molecule has 2 unspecified atom stereocenters. The third kappa shape index (κ3) is 3.05. The van der Waals surface area contributed by atoms with Gasteiger partial charge in [0.15, 0.2) is 0 Å². The van der Waals surface area contributed by atoms with Crippen LogP contribution in [0.1, 0.15) is 16.8 Å². The number of nitrogens with one attached hydrogen (secondary N) is 1. The van der Waals surface area contributed by atoms with E-state index in [2.05, 4.69) is 5.32 Å². The molecule has 1 N–H and O–H groups in total. The number of hydrogen-bond donors (Lipinski definition) is 1. The van der Waals surface area contributed by atoms with Crippen molar-refractivity contribution in [3.8, 4) is 0 Å². The summed E-state index contributed by atoms with van der Waals surface area (Å²) in [5.41, 5.74) is 0.476. The van der Waals surface area contributed by atoms with Gasteiger partial charge in [-0.15, -0.1) is 5.06 Å². The van der Waals surface area contributed by atoms with Crippen LogP contribution in [0.4, 0.5) is 4.39 Å². The van der Waals surface area contributed by atoms with Crippen LogP contribution in [-0.2, 0) is 4.84 Å². The number of carbonyl (C=O) groups excluding carboxylic acids is 1. The van der Waals surface area contributed by atoms with Crippen LogP contribution in [0, 0.1) is 0 Å². The van der Waals surface area contributed by atoms with Crippen molar-refractivity contribution < 1.29 is 14.0 Å². The van der Waals surface area contributed by atoms with Gasteiger partial charge in [-0.25, -0.2) is 9.18 Å². The molecule has 98 valence electrons. The van der Waals surface area contributed by atoms with Crippen LogP contribution >= 0.6 is 0 Å². The summed E-state index contributed by atoms with van der Waals surface area (Å²) < 4.78 is 13.7. The Morgan fingerprint density at radius 2 is 2.17 bits per heavy atom. The SMILES string of the molecule is CNC1CCN(OC(=O)c2ccccc2)CC1F. The molecule has 1 saturated heterocycles. The van der Waals surface area contributed by atoms with Crippen LogP contribution in [0.25, 0.3) is 0 Å². The lowest BCUT2D eigenvalue weighted by Crippen LogP contribution is -2.50. The molecule has 1 heterocycles. The second kappa shape index (κ2) is 5.93. The first-order valence-electron chi connectivity index (χ1n) is 6.04. The zero-order valence-corrected chi connectivity index (χ0v) is 10.3. The molecule has 0 spiro atoms. The molecular formula is C13H17FN2O2. The maximum atomic E-state index is 13.7. The second-order valence-corrected chi connectivity index (χ2v) is 4.33. The Morgan fingerprint density at radius 3 is 2.78 bits per heavy atom. The maximum Gasteiger partial charge on any atom is 0.357 e. The van der Waals surface area contributed by atoms with Crippen molar-refractivity contribution in [3.63, 3.8) is 0 Å². The van der Waals surface area contributed by atoms with E-state index in [4.69, 9.17) is 4.84 Å². The first-order valence-corrected chi connectivity index (χ1v) is 6.04. The smallest absolute Gasteiger partial charge is 0.357 e. The van der Waals surface area contributed by atoms with Crippen LogP contribution in [0.3, 0.4) is 0 Å². The lowest BCUT2D eigenvalue weighted by molar-refractivity contribution is -0.137. The van der Waals surface area contributed by atoms with Gasteiger partial charge in [0.1, 0.15) is 6.17 Å². The number of carbonyl (C=O) groups is 1. The molecule has 1 fully saturated rings. The summed E-state index contributed by atoms with van der Waals surface area (Å²) >= 11 is 0. The van der Waals surface area contributed by atoms with Crippen LogP contribution < -0.4 is 5.32 Å². The molecule has 0 bridgehead atoms. The number of nitrogens with zero attached hydrogens (tertiary/aromatic N) is 1. The Balaban J connectivity index is 1.89. The third-order valence-corrected chi connectivity index (χ3v) is 3.10. The fraction of sp³-hybridized carbons (Fsp3) is 0.462. The predicted molar refractivity (Wildman–Crippen MR) is 65.8 cm³/mol. The van der Waals surface area contributed by atoms with E-state index in [1.165, 1.54) is 5.06 Å². The van der Waals surface area contributed by atoms with E-state index in [0.717, 1.165) is 0 Å². The molecule has 1 aromatic carbocycles. The van der Waals surface area contributed by atoms with Crippen LogP contribution in [0.2, 0.25) is 0 Å². The fourth-order valence-electron chi connectivity index (χ4n) is 2.03. The number of benzene rings is 1. The molecule has 0 aliphatic carbocycles. The first-order chi connectivity index (χ1) is 8.70. The molecule has 0 amide bonds. The summed E-state index contributed by atoms with van der Waals surface area (Å²) in [5.74, 6) is -0.439. The molecule has 5 heteroatoms. The first kappa shape index (κ1) is 13.0. The van der Waals surface area contributed by atoms with Crippen molar-refractivity contribution >= 4 is 5.97 Å². The monoisotopic (exact) mass is 252 g/mol. The van der Waals surface area contributed by atoms with Crippen molar-refractivity contribution in [2.45, 2.75) is 18.6 Å². The Morgan fingerprint density at radius 1 is 1.44 bits per heavy atom. The highest BCUT2D eigenvalue weighted by Crippen LogP contribution is 2.15. The fourth-order valence-corrected chi connectivity index (χ4v) is 2.03. The highest BCUT2D eigenvalue weighted by atomic mass is 19.1. The average Bonchev–Trinajstić information content (AvgIpc) is 2.40. The highest BCUT2D eigenvalue weighted by molar-refractivity contribution is 5.89. The zero-order chi connectivity index (χ0) is 13.0. The van der Waals surface area contributed by atoms with Crippen molar-refractivity contribution in [2.24, 2.45) is 0 Å². The van der Waals surface area contributed by atoms with Gasteiger partial charge in [0.2, 0.25) is 0 Å². The van der Waals surface area contributed by atoms with Crippen molar-refractivity contribution in [1.82, 2.24) is 10.4 Å². The van der Waals surface area contributed by atoms with Gasteiger partial charge in [0.05, 0.1) is 12.1 Å². The van der Waals surface area contributed by atoms with Gasteiger partial charge in [-0.2, -0.15) is 0 Å². The maximum absolute atomic E-state index is 13.7. The largest absolute Gasteiger partial charge is 0.364 e. The van der Waals surface area contributed by atoms with Gasteiger partial charge < -0.3 is 10.2 Å². The number of rotatable bonds is 3.